The lowest BCUT2D eigenvalue weighted by molar-refractivity contribution is 0.280. The molecule has 0 aliphatic carbocycles. The Labute approximate surface area is 132 Å². The van der Waals surface area contributed by atoms with Crippen molar-refractivity contribution in [2.45, 2.75) is 46.1 Å². The molecule has 21 heavy (non-hydrogen) atoms. The van der Waals surface area contributed by atoms with E-state index in [9.17, 15) is 0 Å². The van der Waals surface area contributed by atoms with Crippen LogP contribution in [0.5, 0.6) is 0 Å². The van der Waals surface area contributed by atoms with E-state index in [4.69, 9.17) is 4.98 Å². The maximum atomic E-state index is 4.72. The van der Waals surface area contributed by atoms with Crippen LogP contribution < -0.4 is 5.32 Å². The standard InChI is InChI=1S/C16H28N4S/c1-4-8-17-14(7-9-19(5-2)6-3)12-15-13-20-10-11-21-16(20)18-15/h10-11,13-14,17H,4-9,12H2,1-3H3. The third-order valence-electron chi connectivity index (χ3n) is 3.97. The predicted octanol–water partition coefficient (Wildman–Crippen LogP) is 3.04. The number of nitrogens with zero attached hydrogens (tertiary/aromatic N) is 3. The molecule has 1 unspecified atom stereocenters. The number of nitrogens with one attached hydrogen (secondary N) is 1. The molecule has 0 fully saturated rings. The summed E-state index contributed by atoms with van der Waals surface area (Å²) in [6, 6.07) is 0.523. The van der Waals surface area contributed by atoms with E-state index >= 15 is 0 Å². The maximum Gasteiger partial charge on any atom is 0.193 e. The molecule has 1 N–H and O–H groups in total. The molecule has 0 radical (unpaired) electrons. The molecule has 118 valence electrons. The fraction of sp³-hybridized carbons (Fsp3) is 0.688. The van der Waals surface area contributed by atoms with Crippen molar-refractivity contribution in [1.29, 1.82) is 0 Å². The van der Waals surface area contributed by atoms with Crippen molar-refractivity contribution in [3.05, 3.63) is 23.5 Å². The van der Waals surface area contributed by atoms with Gasteiger partial charge in [-0.1, -0.05) is 20.8 Å². The summed E-state index contributed by atoms with van der Waals surface area (Å²) < 4.78 is 2.13. The minimum absolute atomic E-state index is 0.523. The molecule has 2 aromatic heterocycles. The van der Waals surface area contributed by atoms with Crippen molar-refractivity contribution < 1.29 is 0 Å². The quantitative estimate of drug-likeness (QED) is 0.732. The average Bonchev–Trinajstić information content (AvgIpc) is 3.06. The van der Waals surface area contributed by atoms with Crippen LogP contribution in [0.15, 0.2) is 17.8 Å². The first-order chi connectivity index (χ1) is 10.3. The lowest BCUT2D eigenvalue weighted by atomic mass is 10.1. The summed E-state index contributed by atoms with van der Waals surface area (Å²) in [6.07, 6.45) is 7.65. The van der Waals surface area contributed by atoms with Crippen molar-refractivity contribution in [3.63, 3.8) is 0 Å². The topological polar surface area (TPSA) is 32.6 Å². The second-order valence-corrected chi connectivity index (χ2v) is 6.37. The summed E-state index contributed by atoms with van der Waals surface area (Å²) in [6.45, 7) is 11.2. The second-order valence-electron chi connectivity index (χ2n) is 5.50. The first-order valence-electron chi connectivity index (χ1n) is 8.13. The Balaban J connectivity index is 1.93. The SMILES string of the molecule is CCCNC(CCN(CC)CC)Cc1cn2ccsc2n1. The molecule has 4 nitrogen and oxygen atoms in total. The molecule has 0 aromatic carbocycles. The smallest absolute Gasteiger partial charge is 0.193 e. The van der Waals surface area contributed by atoms with Gasteiger partial charge in [0.25, 0.3) is 0 Å². The van der Waals surface area contributed by atoms with Gasteiger partial charge < -0.3 is 10.2 Å². The van der Waals surface area contributed by atoms with Gasteiger partial charge in [0.1, 0.15) is 0 Å². The highest BCUT2D eigenvalue weighted by atomic mass is 32.1. The van der Waals surface area contributed by atoms with Crippen LogP contribution in [-0.4, -0.2) is 46.5 Å². The average molecular weight is 308 g/mol. The second kappa shape index (κ2) is 8.51. The summed E-state index contributed by atoms with van der Waals surface area (Å²) in [5.41, 5.74) is 1.20. The first-order valence-corrected chi connectivity index (χ1v) is 9.01. The van der Waals surface area contributed by atoms with Crippen molar-refractivity contribution in [1.82, 2.24) is 19.6 Å². The van der Waals surface area contributed by atoms with E-state index in [-0.39, 0.29) is 0 Å². The molecule has 0 aliphatic rings. The molecule has 0 spiro atoms. The Morgan fingerprint density at radius 3 is 2.81 bits per heavy atom. The normalized spacial score (nSPS) is 13.3. The van der Waals surface area contributed by atoms with E-state index in [1.165, 1.54) is 18.5 Å². The van der Waals surface area contributed by atoms with Crippen molar-refractivity contribution in [2.75, 3.05) is 26.2 Å². The Bertz CT molecular complexity index is 487. The molecular weight excluding hydrogens is 280 g/mol. The Morgan fingerprint density at radius 1 is 1.33 bits per heavy atom. The Hall–Kier alpha value is -0.910. The van der Waals surface area contributed by atoms with Crippen molar-refractivity contribution in [3.8, 4) is 0 Å². The predicted molar refractivity (Wildman–Crippen MR) is 91.3 cm³/mol. The maximum absolute atomic E-state index is 4.72. The zero-order valence-corrected chi connectivity index (χ0v) is 14.3. The van der Waals surface area contributed by atoms with Gasteiger partial charge >= 0.3 is 0 Å². The van der Waals surface area contributed by atoms with E-state index in [0.717, 1.165) is 37.6 Å². The summed E-state index contributed by atoms with van der Waals surface area (Å²) >= 11 is 1.70. The van der Waals surface area contributed by atoms with Gasteiger partial charge in [0.05, 0.1) is 5.69 Å². The molecule has 2 rings (SSSR count). The fourth-order valence-electron chi connectivity index (χ4n) is 2.63. The van der Waals surface area contributed by atoms with E-state index in [1.807, 2.05) is 0 Å². The summed E-state index contributed by atoms with van der Waals surface area (Å²) in [4.78, 5) is 8.31. The van der Waals surface area contributed by atoms with Gasteiger partial charge in [0.2, 0.25) is 0 Å². The van der Waals surface area contributed by atoms with Crippen LogP contribution in [-0.2, 0) is 6.42 Å². The molecule has 0 aliphatic heterocycles. The third kappa shape index (κ3) is 4.80. The Morgan fingerprint density at radius 2 is 2.14 bits per heavy atom. The van der Waals surface area contributed by atoms with Crippen LogP contribution in [0.25, 0.3) is 4.96 Å². The summed E-state index contributed by atoms with van der Waals surface area (Å²) in [5.74, 6) is 0. The van der Waals surface area contributed by atoms with Crippen LogP contribution in [0.1, 0.15) is 39.3 Å². The minimum Gasteiger partial charge on any atom is -0.314 e. The van der Waals surface area contributed by atoms with Crippen LogP contribution in [0.4, 0.5) is 0 Å². The molecule has 1 atom stereocenters. The molecule has 2 aromatic rings. The monoisotopic (exact) mass is 308 g/mol. The number of aromatic nitrogens is 2. The van der Waals surface area contributed by atoms with Gasteiger partial charge in [-0.3, -0.25) is 4.40 Å². The zero-order valence-electron chi connectivity index (χ0n) is 13.5. The first kappa shape index (κ1) is 16.5. The summed E-state index contributed by atoms with van der Waals surface area (Å²) in [5, 5.41) is 5.77. The third-order valence-corrected chi connectivity index (χ3v) is 4.74. The molecule has 0 bridgehead atoms. The number of imidazole rings is 1. The van der Waals surface area contributed by atoms with Gasteiger partial charge in [-0.25, -0.2) is 4.98 Å². The number of rotatable bonds is 10. The largest absolute Gasteiger partial charge is 0.314 e. The molecule has 2 heterocycles. The highest BCUT2D eigenvalue weighted by Crippen LogP contribution is 2.13. The highest BCUT2D eigenvalue weighted by molar-refractivity contribution is 7.15. The van der Waals surface area contributed by atoms with E-state index in [2.05, 4.69) is 53.2 Å². The lowest BCUT2D eigenvalue weighted by Crippen LogP contribution is -2.36. The number of hydrogen-bond acceptors (Lipinski definition) is 4. The fourth-order valence-corrected chi connectivity index (χ4v) is 3.35. The van der Waals surface area contributed by atoms with Crippen LogP contribution >= 0.6 is 11.3 Å². The lowest BCUT2D eigenvalue weighted by Gasteiger charge is -2.23. The molecular formula is C16H28N4S. The van der Waals surface area contributed by atoms with Gasteiger partial charge in [-0.15, -0.1) is 11.3 Å². The van der Waals surface area contributed by atoms with Crippen LogP contribution in [0.3, 0.4) is 0 Å². The van der Waals surface area contributed by atoms with Crippen LogP contribution in [0.2, 0.25) is 0 Å². The van der Waals surface area contributed by atoms with Crippen LogP contribution in [0, 0.1) is 0 Å². The number of fused-ring (bicyclic) bond motifs is 1. The zero-order chi connectivity index (χ0) is 15.1. The van der Waals surface area contributed by atoms with Crippen molar-refractivity contribution >= 4 is 16.3 Å². The Kier molecular flexibility index (Phi) is 6.67. The molecule has 0 saturated heterocycles. The van der Waals surface area contributed by atoms with E-state index in [1.54, 1.807) is 11.3 Å². The van der Waals surface area contributed by atoms with Gasteiger partial charge in [0, 0.05) is 30.2 Å². The van der Waals surface area contributed by atoms with Gasteiger partial charge in [-0.2, -0.15) is 0 Å². The van der Waals surface area contributed by atoms with Gasteiger partial charge in [-0.05, 0) is 39.0 Å². The van der Waals surface area contributed by atoms with Gasteiger partial charge in [0.15, 0.2) is 4.96 Å². The molecule has 0 saturated carbocycles. The minimum atomic E-state index is 0.523. The number of thiazole rings is 1. The summed E-state index contributed by atoms with van der Waals surface area (Å²) in [7, 11) is 0. The highest BCUT2D eigenvalue weighted by Gasteiger charge is 2.13. The van der Waals surface area contributed by atoms with E-state index < -0.39 is 0 Å². The van der Waals surface area contributed by atoms with E-state index in [0.29, 0.717) is 6.04 Å². The molecule has 5 heteroatoms. The van der Waals surface area contributed by atoms with Crippen molar-refractivity contribution in [2.24, 2.45) is 0 Å². The molecule has 0 amide bonds. The number of hydrogen-bond donors (Lipinski definition) is 1.